The highest BCUT2D eigenvalue weighted by Crippen LogP contribution is 2.19. The van der Waals surface area contributed by atoms with Crippen molar-refractivity contribution in [2.24, 2.45) is 0 Å². The summed E-state index contributed by atoms with van der Waals surface area (Å²) in [6.07, 6.45) is 0. The van der Waals surface area contributed by atoms with Crippen molar-refractivity contribution in [1.82, 2.24) is 9.36 Å². The zero-order chi connectivity index (χ0) is 12.1. The number of hydrogen-bond acceptors (Lipinski definition) is 4. The van der Waals surface area contributed by atoms with Gasteiger partial charge in [0.15, 0.2) is 0 Å². The molecule has 0 aliphatic rings. The molecular formula is C12H14ClN3S. The number of aryl methyl sites for hydroxylation is 1. The van der Waals surface area contributed by atoms with E-state index in [-0.39, 0.29) is 0 Å². The van der Waals surface area contributed by atoms with Crippen LogP contribution in [0.1, 0.15) is 11.4 Å². The minimum Gasteiger partial charge on any atom is -0.341 e. The van der Waals surface area contributed by atoms with Gasteiger partial charge in [0.05, 0.1) is 0 Å². The number of hydrogen-bond donors (Lipinski definition) is 0. The third-order valence-corrected chi connectivity index (χ3v) is 3.40. The van der Waals surface area contributed by atoms with Gasteiger partial charge < -0.3 is 4.90 Å². The number of benzene rings is 1. The average Bonchev–Trinajstić information content (AvgIpc) is 2.77. The number of alkyl halides is 1. The monoisotopic (exact) mass is 267 g/mol. The van der Waals surface area contributed by atoms with E-state index in [2.05, 4.69) is 26.4 Å². The summed E-state index contributed by atoms with van der Waals surface area (Å²) in [7, 11) is 0. The minimum absolute atomic E-state index is 0.589. The van der Waals surface area contributed by atoms with Crippen molar-refractivity contribution in [1.29, 1.82) is 0 Å². The van der Waals surface area contributed by atoms with Crippen LogP contribution in [-0.4, -0.2) is 21.8 Å². The van der Waals surface area contributed by atoms with Crippen LogP contribution in [0.3, 0.4) is 0 Å². The third kappa shape index (κ3) is 3.41. The van der Waals surface area contributed by atoms with Crippen molar-refractivity contribution in [2.45, 2.75) is 13.5 Å². The Morgan fingerprint density at radius 2 is 2.06 bits per heavy atom. The Morgan fingerprint density at radius 1 is 1.29 bits per heavy atom. The number of nitrogens with zero attached hydrogens (tertiary/aromatic N) is 3. The molecule has 0 aliphatic heterocycles. The van der Waals surface area contributed by atoms with E-state index in [4.69, 9.17) is 11.6 Å². The van der Waals surface area contributed by atoms with E-state index < -0.39 is 0 Å². The molecule has 17 heavy (non-hydrogen) atoms. The predicted molar refractivity (Wildman–Crippen MR) is 72.9 cm³/mol. The summed E-state index contributed by atoms with van der Waals surface area (Å²) < 4.78 is 4.21. The summed E-state index contributed by atoms with van der Waals surface area (Å²) in [4.78, 5) is 6.56. The van der Waals surface area contributed by atoms with Gasteiger partial charge in [-0.25, -0.2) is 4.98 Å². The fraction of sp³-hybridized carbons (Fsp3) is 0.333. The quantitative estimate of drug-likeness (QED) is 0.780. The zero-order valence-electron chi connectivity index (χ0n) is 9.64. The van der Waals surface area contributed by atoms with Gasteiger partial charge in [0.25, 0.3) is 0 Å². The Balaban J connectivity index is 2.13. The molecular weight excluding hydrogens is 254 g/mol. The summed E-state index contributed by atoms with van der Waals surface area (Å²) in [5.41, 5.74) is 1.26. The van der Waals surface area contributed by atoms with E-state index in [1.165, 1.54) is 17.1 Å². The molecule has 0 saturated carbocycles. The molecule has 5 heteroatoms. The molecule has 0 saturated heterocycles. The summed E-state index contributed by atoms with van der Waals surface area (Å²) >= 11 is 7.26. The van der Waals surface area contributed by atoms with E-state index in [1.807, 2.05) is 25.1 Å². The maximum Gasteiger partial charge on any atom is 0.205 e. The summed E-state index contributed by atoms with van der Waals surface area (Å²) in [6, 6.07) is 10.3. The fourth-order valence-electron chi connectivity index (χ4n) is 1.56. The normalized spacial score (nSPS) is 10.5. The molecule has 0 spiro atoms. The van der Waals surface area contributed by atoms with Gasteiger partial charge in [-0.05, 0) is 12.5 Å². The van der Waals surface area contributed by atoms with Crippen molar-refractivity contribution in [3.05, 3.63) is 41.7 Å². The van der Waals surface area contributed by atoms with Gasteiger partial charge in [0, 0.05) is 30.5 Å². The first-order valence-electron chi connectivity index (χ1n) is 5.45. The van der Waals surface area contributed by atoms with E-state index >= 15 is 0 Å². The molecule has 0 bridgehead atoms. The van der Waals surface area contributed by atoms with Gasteiger partial charge in [0.2, 0.25) is 5.13 Å². The van der Waals surface area contributed by atoms with Crippen LogP contribution in [0.2, 0.25) is 0 Å². The van der Waals surface area contributed by atoms with Crippen LogP contribution in [0.25, 0.3) is 0 Å². The first-order chi connectivity index (χ1) is 8.29. The average molecular weight is 268 g/mol. The Bertz CT molecular complexity index is 458. The molecule has 0 fully saturated rings. The van der Waals surface area contributed by atoms with Crippen LogP contribution in [0.5, 0.6) is 0 Å². The van der Waals surface area contributed by atoms with Crippen molar-refractivity contribution in [3.63, 3.8) is 0 Å². The van der Waals surface area contributed by atoms with Crippen LogP contribution in [0, 0.1) is 6.92 Å². The fourth-order valence-corrected chi connectivity index (χ4v) is 2.47. The van der Waals surface area contributed by atoms with E-state index in [0.717, 1.165) is 24.0 Å². The number of halogens is 1. The Labute approximate surface area is 110 Å². The molecule has 1 aromatic carbocycles. The SMILES string of the molecule is Cc1nsc(N(CCCl)Cc2ccccc2)n1. The Morgan fingerprint density at radius 3 is 2.65 bits per heavy atom. The lowest BCUT2D eigenvalue weighted by Crippen LogP contribution is -2.24. The first kappa shape index (κ1) is 12.3. The topological polar surface area (TPSA) is 29.0 Å². The summed E-state index contributed by atoms with van der Waals surface area (Å²) in [5.74, 6) is 1.41. The van der Waals surface area contributed by atoms with Crippen LogP contribution in [-0.2, 0) is 6.54 Å². The van der Waals surface area contributed by atoms with E-state index in [9.17, 15) is 0 Å². The molecule has 1 aromatic heterocycles. The second-order valence-corrected chi connectivity index (χ2v) is 4.83. The van der Waals surface area contributed by atoms with Gasteiger partial charge in [-0.2, -0.15) is 4.37 Å². The summed E-state index contributed by atoms with van der Waals surface area (Å²) in [5, 5.41) is 0.937. The highest BCUT2D eigenvalue weighted by molar-refractivity contribution is 7.09. The Kier molecular flexibility index (Phi) is 4.34. The lowest BCUT2D eigenvalue weighted by Gasteiger charge is -2.20. The molecule has 0 radical (unpaired) electrons. The van der Waals surface area contributed by atoms with Crippen molar-refractivity contribution in [2.75, 3.05) is 17.3 Å². The van der Waals surface area contributed by atoms with Gasteiger partial charge in [-0.1, -0.05) is 30.3 Å². The highest BCUT2D eigenvalue weighted by Gasteiger charge is 2.11. The molecule has 3 nitrogen and oxygen atoms in total. The number of aromatic nitrogens is 2. The van der Waals surface area contributed by atoms with Crippen molar-refractivity contribution >= 4 is 28.3 Å². The standard InChI is InChI=1S/C12H14ClN3S/c1-10-14-12(17-15-10)16(8-7-13)9-11-5-3-2-4-6-11/h2-6H,7-9H2,1H3. The van der Waals surface area contributed by atoms with Gasteiger partial charge in [-0.3, -0.25) is 0 Å². The zero-order valence-corrected chi connectivity index (χ0v) is 11.2. The molecule has 0 N–H and O–H groups in total. The maximum absolute atomic E-state index is 5.83. The largest absolute Gasteiger partial charge is 0.341 e. The molecule has 2 aromatic rings. The highest BCUT2D eigenvalue weighted by atomic mass is 35.5. The maximum atomic E-state index is 5.83. The molecule has 0 amide bonds. The smallest absolute Gasteiger partial charge is 0.205 e. The third-order valence-electron chi connectivity index (χ3n) is 2.36. The lowest BCUT2D eigenvalue weighted by atomic mass is 10.2. The van der Waals surface area contributed by atoms with E-state index in [0.29, 0.717) is 5.88 Å². The van der Waals surface area contributed by atoms with Gasteiger partial charge in [-0.15, -0.1) is 11.6 Å². The number of anilines is 1. The second kappa shape index (κ2) is 5.98. The van der Waals surface area contributed by atoms with Crippen LogP contribution < -0.4 is 4.90 Å². The molecule has 0 unspecified atom stereocenters. The lowest BCUT2D eigenvalue weighted by molar-refractivity contribution is 0.827. The molecule has 90 valence electrons. The summed E-state index contributed by atoms with van der Waals surface area (Å²) in [6.45, 7) is 3.51. The molecule has 2 rings (SSSR count). The molecule has 0 atom stereocenters. The molecule has 1 heterocycles. The molecule has 0 aliphatic carbocycles. The number of rotatable bonds is 5. The van der Waals surface area contributed by atoms with E-state index in [1.54, 1.807) is 0 Å². The van der Waals surface area contributed by atoms with Crippen LogP contribution >= 0.6 is 23.1 Å². The van der Waals surface area contributed by atoms with Crippen molar-refractivity contribution < 1.29 is 0 Å². The van der Waals surface area contributed by atoms with Gasteiger partial charge in [0.1, 0.15) is 5.82 Å². The Hall–Kier alpha value is -1.13. The van der Waals surface area contributed by atoms with Crippen LogP contribution in [0.15, 0.2) is 30.3 Å². The van der Waals surface area contributed by atoms with Crippen molar-refractivity contribution in [3.8, 4) is 0 Å². The predicted octanol–water partition coefficient (Wildman–Crippen LogP) is 3.09. The van der Waals surface area contributed by atoms with Gasteiger partial charge >= 0.3 is 0 Å². The minimum atomic E-state index is 0.589. The van der Waals surface area contributed by atoms with Crippen LogP contribution in [0.4, 0.5) is 5.13 Å². The first-order valence-corrected chi connectivity index (χ1v) is 6.75. The second-order valence-electron chi connectivity index (χ2n) is 3.72.